The minimum absolute atomic E-state index is 0.0352. The fraction of sp³-hybridized carbons (Fsp3) is 0.353. The number of imidazole rings is 2. The maximum Gasteiger partial charge on any atom is 0.329 e. The van der Waals surface area contributed by atoms with E-state index < -0.39 is 0 Å². The molecule has 0 fully saturated rings. The van der Waals surface area contributed by atoms with Crippen molar-refractivity contribution in [3.8, 4) is 0 Å². The summed E-state index contributed by atoms with van der Waals surface area (Å²) in [5.74, 6) is 0.924. The molecule has 0 saturated heterocycles. The molecule has 0 spiro atoms. The van der Waals surface area contributed by atoms with Gasteiger partial charge in [0.15, 0.2) is 0 Å². The Balaban J connectivity index is 1.51. The molecule has 0 radical (unpaired) electrons. The van der Waals surface area contributed by atoms with Crippen molar-refractivity contribution in [1.29, 1.82) is 0 Å². The highest BCUT2D eigenvalue weighted by molar-refractivity contribution is 5.81. The molecular weight excluding hydrogens is 306 g/mol. The van der Waals surface area contributed by atoms with Crippen LogP contribution in [0.3, 0.4) is 0 Å². The average molecular weight is 325 g/mol. The van der Waals surface area contributed by atoms with Crippen LogP contribution in [0.15, 0.2) is 41.5 Å². The van der Waals surface area contributed by atoms with Crippen molar-refractivity contribution in [2.75, 3.05) is 0 Å². The number of carbonyl (C=O) groups is 1. The van der Waals surface area contributed by atoms with Gasteiger partial charge in [-0.3, -0.25) is 13.9 Å². The van der Waals surface area contributed by atoms with Crippen LogP contribution in [0.1, 0.15) is 12.2 Å². The number of nitrogens with zero attached hydrogens (tertiary/aromatic N) is 4. The van der Waals surface area contributed by atoms with Crippen molar-refractivity contribution in [1.82, 2.24) is 24.0 Å². The molecule has 7 heteroatoms. The van der Waals surface area contributed by atoms with E-state index >= 15 is 0 Å². The first-order valence-electron chi connectivity index (χ1n) is 8.07. The Labute approximate surface area is 138 Å². The molecule has 1 N–H and O–H groups in total. The number of hydrogen-bond donors (Lipinski definition) is 1. The monoisotopic (exact) mass is 325 g/mol. The lowest BCUT2D eigenvalue weighted by molar-refractivity contribution is -0.122. The molecule has 24 heavy (non-hydrogen) atoms. The number of para-hydroxylation sites is 2. The first kappa shape index (κ1) is 14.7. The Morgan fingerprint density at radius 1 is 1.33 bits per heavy atom. The lowest BCUT2D eigenvalue weighted by atomic mass is 10.1. The van der Waals surface area contributed by atoms with E-state index in [1.807, 2.05) is 30.5 Å². The van der Waals surface area contributed by atoms with Crippen LogP contribution < -0.4 is 11.0 Å². The summed E-state index contributed by atoms with van der Waals surface area (Å²) in [4.78, 5) is 29.1. The first-order valence-corrected chi connectivity index (χ1v) is 8.07. The van der Waals surface area contributed by atoms with Gasteiger partial charge in [0.25, 0.3) is 0 Å². The van der Waals surface area contributed by atoms with Crippen molar-refractivity contribution < 1.29 is 4.79 Å². The van der Waals surface area contributed by atoms with Crippen molar-refractivity contribution in [3.05, 3.63) is 53.0 Å². The molecule has 0 aliphatic carbocycles. The molecule has 124 valence electrons. The second-order valence-electron chi connectivity index (χ2n) is 6.22. The van der Waals surface area contributed by atoms with Gasteiger partial charge in [-0.15, -0.1) is 0 Å². The highest BCUT2D eigenvalue weighted by Crippen LogP contribution is 2.14. The molecule has 3 aromatic rings. The summed E-state index contributed by atoms with van der Waals surface area (Å²) in [6, 6.07) is 7.58. The van der Waals surface area contributed by atoms with Gasteiger partial charge >= 0.3 is 5.69 Å². The molecule has 4 rings (SSSR count). The zero-order chi connectivity index (χ0) is 16.7. The third kappa shape index (κ3) is 2.42. The summed E-state index contributed by atoms with van der Waals surface area (Å²) < 4.78 is 5.16. The number of rotatable bonds is 3. The Hall–Kier alpha value is -2.83. The van der Waals surface area contributed by atoms with Crippen LogP contribution in [0.5, 0.6) is 0 Å². The SMILES string of the molecule is Cn1c(=O)n(CC(=O)N[C@H]2CCc3nccn3C2)c2ccccc21. The van der Waals surface area contributed by atoms with Crippen molar-refractivity contribution >= 4 is 16.9 Å². The highest BCUT2D eigenvalue weighted by atomic mass is 16.2. The number of aromatic nitrogens is 4. The van der Waals surface area contributed by atoms with Crippen LogP contribution in [0.4, 0.5) is 0 Å². The van der Waals surface area contributed by atoms with E-state index in [2.05, 4.69) is 14.9 Å². The number of fused-ring (bicyclic) bond motifs is 2. The standard InChI is InChI=1S/C17H19N5O2/c1-20-13-4-2-3-5-14(13)22(17(20)24)11-16(23)19-12-6-7-15-18-8-9-21(15)10-12/h2-5,8-9,12H,6-7,10-11H2,1H3,(H,19,23)/t12-/m0/s1. The predicted octanol–water partition coefficient (Wildman–Crippen LogP) is 0.668. The molecule has 1 aliphatic heterocycles. The zero-order valence-corrected chi connectivity index (χ0v) is 13.5. The molecule has 1 amide bonds. The number of benzene rings is 1. The van der Waals surface area contributed by atoms with E-state index in [0.717, 1.165) is 36.2 Å². The van der Waals surface area contributed by atoms with Crippen molar-refractivity contribution in [2.24, 2.45) is 7.05 Å². The third-order valence-corrected chi connectivity index (χ3v) is 4.65. The molecule has 3 heterocycles. The van der Waals surface area contributed by atoms with Gasteiger partial charge in [0, 0.05) is 38.4 Å². The van der Waals surface area contributed by atoms with Crippen LogP contribution in [0, 0.1) is 0 Å². The van der Waals surface area contributed by atoms with Gasteiger partial charge in [0.1, 0.15) is 12.4 Å². The van der Waals surface area contributed by atoms with Crippen LogP contribution in [0.2, 0.25) is 0 Å². The summed E-state index contributed by atoms with van der Waals surface area (Å²) in [7, 11) is 1.72. The number of amides is 1. The Kier molecular flexibility index (Phi) is 3.48. The van der Waals surface area contributed by atoms with Gasteiger partial charge in [-0.05, 0) is 18.6 Å². The minimum atomic E-state index is -0.174. The molecule has 0 saturated carbocycles. The van der Waals surface area contributed by atoms with E-state index in [1.54, 1.807) is 17.8 Å². The summed E-state index contributed by atoms with van der Waals surface area (Å²) in [6.07, 6.45) is 5.44. The molecule has 1 aliphatic rings. The highest BCUT2D eigenvalue weighted by Gasteiger charge is 2.21. The van der Waals surface area contributed by atoms with Crippen LogP contribution in [-0.2, 0) is 31.4 Å². The van der Waals surface area contributed by atoms with Gasteiger partial charge < -0.3 is 9.88 Å². The fourth-order valence-electron chi connectivity index (χ4n) is 3.42. The van der Waals surface area contributed by atoms with Gasteiger partial charge in [0.2, 0.25) is 5.91 Å². The predicted molar refractivity (Wildman–Crippen MR) is 89.7 cm³/mol. The van der Waals surface area contributed by atoms with E-state index in [1.165, 1.54) is 4.57 Å². The first-order chi connectivity index (χ1) is 11.6. The van der Waals surface area contributed by atoms with Gasteiger partial charge in [0.05, 0.1) is 11.0 Å². The molecule has 7 nitrogen and oxygen atoms in total. The number of nitrogens with one attached hydrogen (secondary N) is 1. The summed E-state index contributed by atoms with van der Waals surface area (Å²) in [6.45, 7) is 0.763. The normalized spacial score (nSPS) is 17.0. The maximum atomic E-state index is 12.4. The number of carbonyl (C=O) groups excluding carboxylic acids is 1. The second kappa shape index (κ2) is 5.67. The number of aryl methyl sites for hydroxylation is 2. The largest absolute Gasteiger partial charge is 0.350 e. The van der Waals surface area contributed by atoms with Gasteiger partial charge in [-0.2, -0.15) is 0 Å². The average Bonchev–Trinajstić information content (AvgIpc) is 3.14. The Morgan fingerprint density at radius 2 is 2.12 bits per heavy atom. The van der Waals surface area contributed by atoms with E-state index in [4.69, 9.17) is 0 Å². The lowest BCUT2D eigenvalue weighted by Gasteiger charge is -2.24. The van der Waals surface area contributed by atoms with Crippen LogP contribution >= 0.6 is 0 Å². The van der Waals surface area contributed by atoms with E-state index in [-0.39, 0.29) is 24.2 Å². The van der Waals surface area contributed by atoms with Crippen molar-refractivity contribution in [2.45, 2.75) is 32.0 Å². The minimum Gasteiger partial charge on any atom is -0.350 e. The third-order valence-electron chi connectivity index (χ3n) is 4.65. The smallest absolute Gasteiger partial charge is 0.329 e. The summed E-state index contributed by atoms with van der Waals surface area (Å²) in [5.41, 5.74) is 1.43. The molecule has 1 atom stereocenters. The number of hydrogen-bond acceptors (Lipinski definition) is 3. The molecule has 0 bridgehead atoms. The van der Waals surface area contributed by atoms with Gasteiger partial charge in [-0.1, -0.05) is 12.1 Å². The molecular formula is C17H19N5O2. The van der Waals surface area contributed by atoms with E-state index in [0.29, 0.717) is 0 Å². The molecule has 0 unspecified atom stereocenters. The molecule has 1 aromatic carbocycles. The lowest BCUT2D eigenvalue weighted by Crippen LogP contribution is -2.43. The second-order valence-corrected chi connectivity index (χ2v) is 6.22. The van der Waals surface area contributed by atoms with Crippen LogP contribution in [-0.4, -0.2) is 30.6 Å². The summed E-state index contributed by atoms with van der Waals surface area (Å²) in [5, 5.41) is 3.04. The quantitative estimate of drug-likeness (QED) is 0.769. The zero-order valence-electron chi connectivity index (χ0n) is 13.5. The van der Waals surface area contributed by atoms with Crippen LogP contribution in [0.25, 0.3) is 11.0 Å². The maximum absolute atomic E-state index is 12.4. The topological polar surface area (TPSA) is 73.8 Å². The fourth-order valence-corrected chi connectivity index (χ4v) is 3.42. The van der Waals surface area contributed by atoms with Crippen molar-refractivity contribution in [3.63, 3.8) is 0 Å². The van der Waals surface area contributed by atoms with Gasteiger partial charge in [-0.25, -0.2) is 9.78 Å². The Morgan fingerprint density at radius 3 is 2.96 bits per heavy atom. The molecule has 2 aromatic heterocycles. The summed E-state index contributed by atoms with van der Waals surface area (Å²) >= 11 is 0. The Bertz CT molecular complexity index is 965. The van der Waals surface area contributed by atoms with E-state index in [9.17, 15) is 9.59 Å².